The summed E-state index contributed by atoms with van der Waals surface area (Å²) < 4.78 is 43.7. The first-order chi connectivity index (χ1) is 15.5. The van der Waals surface area contributed by atoms with Crippen LogP contribution in [0.5, 0.6) is 0 Å². The van der Waals surface area contributed by atoms with E-state index in [9.17, 15) is 13.2 Å². The molecule has 4 aromatic carbocycles. The molecule has 0 saturated heterocycles. The summed E-state index contributed by atoms with van der Waals surface area (Å²) in [5.74, 6) is -2.00. The van der Waals surface area contributed by atoms with Gasteiger partial charge in [0.15, 0.2) is 11.6 Å². The molecule has 0 atom stereocenters. The van der Waals surface area contributed by atoms with Crippen LogP contribution in [0.2, 0.25) is 0 Å². The molecule has 0 aromatic heterocycles. The maximum absolute atomic E-state index is 14.7. The van der Waals surface area contributed by atoms with Crippen molar-refractivity contribution in [3.05, 3.63) is 119 Å². The average Bonchev–Trinajstić information content (AvgIpc) is 2.81. The third-order valence-corrected chi connectivity index (χ3v) is 5.59. The number of aryl methyl sites for hydroxylation is 2. The first-order valence-electron chi connectivity index (χ1n) is 10.6. The third kappa shape index (κ3) is 4.52. The van der Waals surface area contributed by atoms with Crippen molar-refractivity contribution in [2.45, 2.75) is 20.3 Å². The molecular formula is C29H23F3. The molecule has 0 bridgehead atoms. The van der Waals surface area contributed by atoms with Crippen LogP contribution in [0, 0.1) is 24.4 Å². The first-order valence-corrected chi connectivity index (χ1v) is 10.6. The maximum Gasteiger partial charge on any atom is 0.167 e. The van der Waals surface area contributed by atoms with E-state index in [4.69, 9.17) is 0 Å². The smallest absolute Gasteiger partial charge is 0.167 e. The van der Waals surface area contributed by atoms with E-state index in [-0.39, 0.29) is 16.9 Å². The molecule has 0 spiro atoms. The van der Waals surface area contributed by atoms with E-state index in [1.165, 1.54) is 0 Å². The summed E-state index contributed by atoms with van der Waals surface area (Å²) in [5.41, 5.74) is 5.16. The summed E-state index contributed by atoms with van der Waals surface area (Å²) in [4.78, 5) is 0. The minimum absolute atomic E-state index is 0.170. The van der Waals surface area contributed by atoms with Gasteiger partial charge >= 0.3 is 0 Å². The number of benzene rings is 4. The standard InChI is InChI=1S/C29H23F3/c1-3-20-9-16-25(27(30)18-20)22-12-6-21(7-13-22)8-14-24-15-17-26(29(32)28(24)31)23-10-4-19(2)5-11-23/h4-18H,3H2,1-2H3/b14-8+. The van der Waals surface area contributed by atoms with E-state index in [2.05, 4.69) is 0 Å². The van der Waals surface area contributed by atoms with E-state index in [1.54, 1.807) is 48.6 Å². The first kappa shape index (κ1) is 21.6. The Morgan fingerprint density at radius 2 is 1.28 bits per heavy atom. The van der Waals surface area contributed by atoms with Gasteiger partial charge < -0.3 is 0 Å². The van der Waals surface area contributed by atoms with Crippen LogP contribution in [0.4, 0.5) is 13.2 Å². The van der Waals surface area contributed by atoms with Gasteiger partial charge in [-0.1, -0.05) is 97.4 Å². The molecule has 0 N–H and O–H groups in total. The molecule has 0 saturated carbocycles. The fraction of sp³-hybridized carbons (Fsp3) is 0.103. The lowest BCUT2D eigenvalue weighted by molar-refractivity contribution is 0.509. The van der Waals surface area contributed by atoms with Crippen molar-refractivity contribution in [3.63, 3.8) is 0 Å². The fourth-order valence-corrected chi connectivity index (χ4v) is 3.62. The largest absolute Gasteiger partial charge is 0.206 e. The lowest BCUT2D eigenvalue weighted by Gasteiger charge is -2.07. The minimum atomic E-state index is -0.881. The van der Waals surface area contributed by atoms with Gasteiger partial charge in [0.05, 0.1) is 0 Å². The van der Waals surface area contributed by atoms with Crippen LogP contribution in [0.3, 0.4) is 0 Å². The van der Waals surface area contributed by atoms with Gasteiger partial charge in [-0.2, -0.15) is 0 Å². The van der Waals surface area contributed by atoms with Gasteiger partial charge in [0.2, 0.25) is 0 Å². The molecule has 0 aliphatic rings. The average molecular weight is 428 g/mol. The van der Waals surface area contributed by atoms with E-state index in [0.717, 1.165) is 28.7 Å². The summed E-state index contributed by atoms with van der Waals surface area (Å²) in [6, 6.07) is 23.0. The van der Waals surface area contributed by atoms with Gasteiger partial charge in [0, 0.05) is 16.7 Å². The molecule has 0 radical (unpaired) electrons. The highest BCUT2D eigenvalue weighted by atomic mass is 19.2. The Bertz CT molecular complexity index is 1270. The molecule has 160 valence electrons. The molecule has 0 heterocycles. The van der Waals surface area contributed by atoms with Gasteiger partial charge in [-0.15, -0.1) is 0 Å². The summed E-state index contributed by atoms with van der Waals surface area (Å²) in [6.07, 6.45) is 4.04. The maximum atomic E-state index is 14.7. The van der Waals surface area contributed by atoms with Gasteiger partial charge in [-0.3, -0.25) is 0 Å². The van der Waals surface area contributed by atoms with Crippen LogP contribution in [0.25, 0.3) is 34.4 Å². The second kappa shape index (κ2) is 9.27. The lowest BCUT2D eigenvalue weighted by atomic mass is 10.00. The Morgan fingerprint density at radius 1 is 0.656 bits per heavy atom. The number of hydrogen-bond acceptors (Lipinski definition) is 0. The molecule has 0 aliphatic heterocycles. The summed E-state index contributed by atoms with van der Waals surface area (Å²) in [5, 5.41) is 0. The second-order valence-electron chi connectivity index (χ2n) is 7.82. The highest BCUT2D eigenvalue weighted by Crippen LogP contribution is 2.28. The van der Waals surface area contributed by atoms with Crippen molar-refractivity contribution in [2.24, 2.45) is 0 Å². The molecule has 0 fully saturated rings. The Labute approximate surface area is 186 Å². The zero-order valence-electron chi connectivity index (χ0n) is 18.0. The van der Waals surface area contributed by atoms with Crippen molar-refractivity contribution < 1.29 is 13.2 Å². The van der Waals surface area contributed by atoms with Crippen LogP contribution >= 0.6 is 0 Å². The van der Waals surface area contributed by atoms with Gasteiger partial charge in [0.1, 0.15) is 5.82 Å². The topological polar surface area (TPSA) is 0 Å². The van der Waals surface area contributed by atoms with Crippen LogP contribution in [0.15, 0.2) is 78.9 Å². The number of halogens is 3. The summed E-state index contributed by atoms with van der Waals surface area (Å²) in [6.45, 7) is 3.93. The monoisotopic (exact) mass is 428 g/mol. The van der Waals surface area contributed by atoms with Crippen LogP contribution in [0.1, 0.15) is 29.2 Å². The molecule has 0 aliphatic carbocycles. The van der Waals surface area contributed by atoms with Crippen LogP contribution < -0.4 is 0 Å². The molecule has 4 rings (SSSR count). The molecule has 4 aromatic rings. The Kier molecular flexibility index (Phi) is 6.27. The molecular weight excluding hydrogens is 405 g/mol. The van der Waals surface area contributed by atoms with Crippen molar-refractivity contribution in [1.82, 2.24) is 0 Å². The normalized spacial score (nSPS) is 11.3. The van der Waals surface area contributed by atoms with Crippen molar-refractivity contribution in [3.8, 4) is 22.3 Å². The molecule has 0 amide bonds. The van der Waals surface area contributed by atoms with Crippen molar-refractivity contribution in [2.75, 3.05) is 0 Å². The Balaban J connectivity index is 1.55. The lowest BCUT2D eigenvalue weighted by Crippen LogP contribution is -1.93. The molecule has 0 unspecified atom stereocenters. The van der Waals surface area contributed by atoms with Crippen molar-refractivity contribution in [1.29, 1.82) is 0 Å². The molecule has 32 heavy (non-hydrogen) atoms. The zero-order chi connectivity index (χ0) is 22.7. The highest BCUT2D eigenvalue weighted by molar-refractivity contribution is 5.74. The SMILES string of the molecule is CCc1ccc(-c2ccc(/C=C/c3ccc(-c4ccc(C)cc4)c(F)c3F)cc2)c(F)c1. The Morgan fingerprint density at radius 3 is 1.94 bits per heavy atom. The van der Waals surface area contributed by atoms with Crippen molar-refractivity contribution >= 4 is 12.2 Å². The summed E-state index contributed by atoms with van der Waals surface area (Å²) in [7, 11) is 0. The molecule has 3 heteroatoms. The quantitative estimate of drug-likeness (QED) is 0.280. The van der Waals surface area contributed by atoms with E-state index < -0.39 is 11.6 Å². The van der Waals surface area contributed by atoms with Crippen LogP contribution in [-0.2, 0) is 6.42 Å². The zero-order valence-corrected chi connectivity index (χ0v) is 18.0. The number of hydrogen-bond donors (Lipinski definition) is 0. The van der Waals surface area contributed by atoms with Crippen LogP contribution in [-0.4, -0.2) is 0 Å². The predicted octanol–water partition coefficient (Wildman–Crippen LogP) is 8.48. The summed E-state index contributed by atoms with van der Waals surface area (Å²) >= 11 is 0. The third-order valence-electron chi connectivity index (χ3n) is 5.59. The number of rotatable bonds is 5. The molecule has 0 nitrogen and oxygen atoms in total. The van der Waals surface area contributed by atoms with E-state index >= 15 is 0 Å². The minimum Gasteiger partial charge on any atom is -0.206 e. The van der Waals surface area contributed by atoms with Gasteiger partial charge in [-0.05, 0) is 41.7 Å². The van der Waals surface area contributed by atoms with Gasteiger partial charge in [0.25, 0.3) is 0 Å². The Hall–Kier alpha value is -3.59. The fourth-order valence-electron chi connectivity index (χ4n) is 3.62. The van der Waals surface area contributed by atoms with E-state index in [0.29, 0.717) is 11.1 Å². The van der Waals surface area contributed by atoms with E-state index in [1.807, 2.05) is 56.3 Å². The van der Waals surface area contributed by atoms with Gasteiger partial charge in [-0.25, -0.2) is 13.2 Å². The predicted molar refractivity (Wildman–Crippen MR) is 127 cm³/mol. The second-order valence-corrected chi connectivity index (χ2v) is 7.82. The highest BCUT2D eigenvalue weighted by Gasteiger charge is 2.13.